The van der Waals surface area contributed by atoms with Crippen LogP contribution in [0, 0.1) is 6.92 Å². The number of phenolic OH excluding ortho intramolecular Hbond substituents is 1. The monoisotopic (exact) mass is 268 g/mol. The lowest BCUT2D eigenvalue weighted by Gasteiger charge is -2.05. The van der Waals surface area contributed by atoms with Crippen LogP contribution in [0.3, 0.4) is 0 Å². The van der Waals surface area contributed by atoms with Crippen molar-refractivity contribution >= 4 is 21.7 Å². The van der Waals surface area contributed by atoms with Gasteiger partial charge in [0.05, 0.1) is 4.47 Å². The highest BCUT2D eigenvalue weighted by molar-refractivity contribution is 9.10. The molecular formula is C10H9BrN2O2. The van der Waals surface area contributed by atoms with Gasteiger partial charge in [-0.1, -0.05) is 11.2 Å². The van der Waals surface area contributed by atoms with Gasteiger partial charge in [-0.2, -0.15) is 0 Å². The molecule has 0 fully saturated rings. The van der Waals surface area contributed by atoms with E-state index in [4.69, 9.17) is 10.3 Å². The fourth-order valence-electron chi connectivity index (χ4n) is 1.27. The highest BCUT2D eigenvalue weighted by Gasteiger charge is 2.13. The van der Waals surface area contributed by atoms with E-state index >= 15 is 0 Å². The summed E-state index contributed by atoms with van der Waals surface area (Å²) in [6.07, 6.45) is 0. The molecule has 3 N–H and O–H groups in total. The Kier molecular flexibility index (Phi) is 2.40. The molecule has 2 aromatic rings. The van der Waals surface area contributed by atoms with E-state index in [9.17, 15) is 5.11 Å². The van der Waals surface area contributed by atoms with Crippen LogP contribution in [0.4, 0.5) is 5.82 Å². The van der Waals surface area contributed by atoms with E-state index in [-0.39, 0.29) is 5.75 Å². The van der Waals surface area contributed by atoms with Crippen LogP contribution < -0.4 is 5.73 Å². The summed E-state index contributed by atoms with van der Waals surface area (Å²) in [5.41, 5.74) is 6.97. The third-order valence-electron chi connectivity index (χ3n) is 2.11. The Morgan fingerprint density at radius 3 is 2.80 bits per heavy atom. The molecule has 0 bridgehead atoms. The predicted molar refractivity (Wildman–Crippen MR) is 60.5 cm³/mol. The van der Waals surface area contributed by atoms with Crippen LogP contribution in [0.1, 0.15) is 5.56 Å². The molecule has 5 heteroatoms. The predicted octanol–water partition coefficient (Wildman–Crippen LogP) is 2.70. The topological polar surface area (TPSA) is 72.3 Å². The molecule has 78 valence electrons. The molecule has 0 radical (unpaired) electrons. The smallest absolute Gasteiger partial charge is 0.170 e. The Labute approximate surface area is 94.8 Å². The molecule has 0 saturated carbocycles. The summed E-state index contributed by atoms with van der Waals surface area (Å²) in [7, 11) is 0. The molecule has 15 heavy (non-hydrogen) atoms. The number of hydrogen-bond donors (Lipinski definition) is 2. The number of benzene rings is 1. The van der Waals surface area contributed by atoms with E-state index in [2.05, 4.69) is 21.1 Å². The average molecular weight is 269 g/mol. The molecule has 0 amide bonds. The van der Waals surface area contributed by atoms with Crippen molar-refractivity contribution in [3.8, 4) is 17.1 Å². The highest BCUT2D eigenvalue weighted by atomic mass is 79.9. The lowest BCUT2D eigenvalue weighted by atomic mass is 10.1. The van der Waals surface area contributed by atoms with E-state index in [1.165, 1.54) is 0 Å². The molecule has 0 unspecified atom stereocenters. The van der Waals surface area contributed by atoms with Gasteiger partial charge >= 0.3 is 0 Å². The maximum absolute atomic E-state index is 9.72. The molecule has 0 atom stereocenters. The number of nitrogen functional groups attached to an aromatic ring is 1. The summed E-state index contributed by atoms with van der Waals surface area (Å²) in [6.45, 7) is 1.82. The van der Waals surface area contributed by atoms with Crippen molar-refractivity contribution in [2.24, 2.45) is 0 Å². The van der Waals surface area contributed by atoms with Gasteiger partial charge < -0.3 is 15.4 Å². The van der Waals surface area contributed by atoms with Crippen LogP contribution in [0.5, 0.6) is 5.75 Å². The molecule has 0 spiro atoms. The van der Waals surface area contributed by atoms with Gasteiger partial charge in [0.2, 0.25) is 0 Å². The van der Waals surface area contributed by atoms with E-state index < -0.39 is 0 Å². The van der Waals surface area contributed by atoms with Gasteiger partial charge in [-0.05, 0) is 34.5 Å². The molecule has 4 nitrogen and oxygen atoms in total. The maximum Gasteiger partial charge on any atom is 0.170 e. The Balaban J connectivity index is 2.59. The molecule has 1 aromatic heterocycles. The number of anilines is 1. The van der Waals surface area contributed by atoms with Gasteiger partial charge in [0.15, 0.2) is 11.6 Å². The van der Waals surface area contributed by atoms with Crippen LogP contribution in [-0.2, 0) is 0 Å². The number of phenols is 1. The van der Waals surface area contributed by atoms with Crippen molar-refractivity contribution < 1.29 is 9.63 Å². The van der Waals surface area contributed by atoms with Gasteiger partial charge in [-0.15, -0.1) is 0 Å². The first-order chi connectivity index (χ1) is 7.09. The first kappa shape index (κ1) is 10.0. The second-order valence-electron chi connectivity index (χ2n) is 3.21. The molecular weight excluding hydrogens is 260 g/mol. The first-order valence-electron chi connectivity index (χ1n) is 4.30. The second-order valence-corrected chi connectivity index (χ2v) is 4.00. The third kappa shape index (κ3) is 1.70. The zero-order valence-corrected chi connectivity index (χ0v) is 9.58. The third-order valence-corrected chi connectivity index (χ3v) is 2.91. The first-order valence-corrected chi connectivity index (χ1v) is 5.09. The minimum Gasteiger partial charge on any atom is -0.506 e. The maximum atomic E-state index is 9.72. The normalized spacial score (nSPS) is 10.5. The van der Waals surface area contributed by atoms with Crippen LogP contribution in [0.15, 0.2) is 27.2 Å². The van der Waals surface area contributed by atoms with E-state index in [1.54, 1.807) is 12.1 Å². The molecule has 0 aliphatic heterocycles. The number of aromatic nitrogens is 1. The van der Waals surface area contributed by atoms with Crippen LogP contribution in [-0.4, -0.2) is 10.3 Å². The molecule has 1 aromatic carbocycles. The van der Waals surface area contributed by atoms with Crippen molar-refractivity contribution in [1.29, 1.82) is 0 Å². The zero-order chi connectivity index (χ0) is 11.0. The largest absolute Gasteiger partial charge is 0.506 e. The summed E-state index contributed by atoms with van der Waals surface area (Å²) < 4.78 is 5.59. The van der Waals surface area contributed by atoms with Crippen molar-refractivity contribution in [3.05, 3.63) is 28.2 Å². The Bertz CT molecular complexity index is 508. The van der Waals surface area contributed by atoms with E-state index in [0.717, 1.165) is 11.1 Å². The molecule has 0 aliphatic carbocycles. The van der Waals surface area contributed by atoms with Crippen molar-refractivity contribution in [1.82, 2.24) is 5.16 Å². The van der Waals surface area contributed by atoms with Gasteiger partial charge in [0, 0.05) is 11.6 Å². The van der Waals surface area contributed by atoms with Crippen LogP contribution in [0.2, 0.25) is 0 Å². The standard InChI is InChI=1S/C10H9BrN2O2/c1-5-2-3-6(9(11)10(5)14)7-4-8(12)13-15-7/h2-4,14H,1H3,(H2,12,13). The Hall–Kier alpha value is -1.49. The second kappa shape index (κ2) is 3.58. The van der Waals surface area contributed by atoms with Crippen molar-refractivity contribution in [3.63, 3.8) is 0 Å². The highest BCUT2D eigenvalue weighted by Crippen LogP contribution is 2.37. The molecule has 0 saturated heterocycles. The minimum atomic E-state index is 0.197. The van der Waals surface area contributed by atoms with E-state index in [0.29, 0.717) is 16.1 Å². The summed E-state index contributed by atoms with van der Waals surface area (Å²) in [6, 6.07) is 5.24. The average Bonchev–Trinajstić information content (AvgIpc) is 2.61. The quantitative estimate of drug-likeness (QED) is 0.834. The number of aryl methyl sites for hydroxylation is 1. The van der Waals surface area contributed by atoms with Gasteiger partial charge in [0.25, 0.3) is 0 Å². The lowest BCUT2D eigenvalue weighted by Crippen LogP contribution is -1.82. The number of nitrogens with two attached hydrogens (primary N) is 1. The Morgan fingerprint density at radius 2 is 2.20 bits per heavy atom. The number of nitrogens with zero attached hydrogens (tertiary/aromatic N) is 1. The summed E-state index contributed by atoms with van der Waals surface area (Å²) in [4.78, 5) is 0. The van der Waals surface area contributed by atoms with Gasteiger partial charge in [-0.25, -0.2) is 0 Å². The van der Waals surface area contributed by atoms with Crippen molar-refractivity contribution in [2.75, 3.05) is 5.73 Å². The minimum absolute atomic E-state index is 0.197. The van der Waals surface area contributed by atoms with Gasteiger partial charge in [0.1, 0.15) is 5.75 Å². The molecule has 0 aliphatic rings. The summed E-state index contributed by atoms with van der Waals surface area (Å²) in [5.74, 6) is 1.04. The lowest BCUT2D eigenvalue weighted by molar-refractivity contribution is 0.434. The number of halogens is 1. The van der Waals surface area contributed by atoms with E-state index in [1.807, 2.05) is 13.0 Å². The fourth-order valence-corrected chi connectivity index (χ4v) is 1.91. The Morgan fingerprint density at radius 1 is 1.47 bits per heavy atom. The fraction of sp³-hybridized carbons (Fsp3) is 0.100. The number of aromatic hydroxyl groups is 1. The molecule has 2 rings (SSSR count). The molecule has 1 heterocycles. The summed E-state index contributed by atoms with van der Waals surface area (Å²) >= 11 is 3.30. The summed E-state index contributed by atoms with van der Waals surface area (Å²) in [5, 5.41) is 13.3. The number of rotatable bonds is 1. The van der Waals surface area contributed by atoms with Crippen molar-refractivity contribution in [2.45, 2.75) is 6.92 Å². The van der Waals surface area contributed by atoms with Gasteiger partial charge in [-0.3, -0.25) is 0 Å². The number of hydrogen-bond acceptors (Lipinski definition) is 4. The SMILES string of the molecule is Cc1ccc(-c2cc(N)no2)c(Br)c1O. The van der Waals surface area contributed by atoms with Crippen LogP contribution >= 0.6 is 15.9 Å². The zero-order valence-electron chi connectivity index (χ0n) is 7.99. The van der Waals surface area contributed by atoms with Crippen LogP contribution in [0.25, 0.3) is 11.3 Å².